The number of Topliss-reactive ketones (excluding diaryl/α,β-unsaturated/α-hetero) is 1. The number of fused-ring (bicyclic) bond motifs is 2. The third-order valence-corrected chi connectivity index (χ3v) is 4.30. The average molecular weight is 182 g/mol. The van der Waals surface area contributed by atoms with Crippen molar-refractivity contribution in [2.45, 2.75) is 33.1 Å². The van der Waals surface area contributed by atoms with Crippen LogP contribution in [0.3, 0.4) is 0 Å². The first-order valence-electron chi connectivity index (χ1n) is 5.21. The van der Waals surface area contributed by atoms with Gasteiger partial charge in [0, 0.05) is 5.92 Å². The van der Waals surface area contributed by atoms with Gasteiger partial charge in [0.15, 0.2) is 5.78 Å². The number of carbonyl (C=O) groups is 1. The Hall–Kier alpha value is -0.370. The SMILES string of the molecule is CC1(C)C2CCC(C2)C1C(=O)CO. The zero-order valence-electron chi connectivity index (χ0n) is 8.42. The number of ketones is 1. The predicted molar refractivity (Wildman–Crippen MR) is 50.2 cm³/mol. The van der Waals surface area contributed by atoms with Crippen molar-refractivity contribution >= 4 is 5.78 Å². The molecule has 2 saturated carbocycles. The van der Waals surface area contributed by atoms with Crippen LogP contribution in [-0.4, -0.2) is 17.5 Å². The summed E-state index contributed by atoms with van der Waals surface area (Å²) in [7, 11) is 0. The maximum absolute atomic E-state index is 11.6. The fourth-order valence-corrected chi connectivity index (χ4v) is 3.63. The van der Waals surface area contributed by atoms with Gasteiger partial charge in [-0.3, -0.25) is 4.79 Å². The molecule has 2 nitrogen and oxygen atoms in total. The van der Waals surface area contributed by atoms with Crippen LogP contribution in [0.4, 0.5) is 0 Å². The van der Waals surface area contributed by atoms with Gasteiger partial charge in [-0.25, -0.2) is 0 Å². The van der Waals surface area contributed by atoms with Crippen LogP contribution in [0, 0.1) is 23.2 Å². The van der Waals surface area contributed by atoms with E-state index in [1.807, 2.05) is 0 Å². The summed E-state index contributed by atoms with van der Waals surface area (Å²) in [6.45, 7) is 4.11. The minimum atomic E-state index is -0.267. The average Bonchev–Trinajstić information content (AvgIpc) is 2.60. The second kappa shape index (κ2) is 2.81. The normalized spacial score (nSPS) is 41.0. The Balaban J connectivity index is 2.23. The van der Waals surface area contributed by atoms with E-state index in [-0.39, 0.29) is 23.7 Å². The van der Waals surface area contributed by atoms with E-state index in [4.69, 9.17) is 5.11 Å². The minimum Gasteiger partial charge on any atom is -0.389 e. The van der Waals surface area contributed by atoms with Crippen LogP contribution in [-0.2, 0) is 4.79 Å². The lowest BCUT2D eigenvalue weighted by Gasteiger charge is -2.36. The van der Waals surface area contributed by atoms with Gasteiger partial charge in [-0.05, 0) is 36.5 Å². The van der Waals surface area contributed by atoms with E-state index in [1.165, 1.54) is 19.3 Å². The highest BCUT2D eigenvalue weighted by Crippen LogP contribution is 2.59. The molecule has 0 radical (unpaired) electrons. The van der Waals surface area contributed by atoms with E-state index in [0.29, 0.717) is 5.92 Å². The minimum absolute atomic E-state index is 0.0669. The second-order valence-corrected chi connectivity index (χ2v) is 5.19. The Morgan fingerprint density at radius 1 is 1.46 bits per heavy atom. The Bertz CT molecular complexity index is 232. The number of rotatable bonds is 2. The van der Waals surface area contributed by atoms with Crippen LogP contribution in [0.15, 0.2) is 0 Å². The Labute approximate surface area is 79.3 Å². The zero-order chi connectivity index (χ0) is 9.64. The molecule has 0 aromatic heterocycles. The fourth-order valence-electron chi connectivity index (χ4n) is 3.63. The zero-order valence-corrected chi connectivity index (χ0v) is 8.42. The summed E-state index contributed by atoms with van der Waals surface area (Å²) in [6.07, 6.45) is 3.70. The molecule has 0 amide bonds. The number of hydrogen-bond acceptors (Lipinski definition) is 2. The number of hydrogen-bond donors (Lipinski definition) is 1. The quantitative estimate of drug-likeness (QED) is 0.704. The Kier molecular flexibility index (Phi) is 1.99. The van der Waals surface area contributed by atoms with Crippen molar-refractivity contribution in [2.24, 2.45) is 23.2 Å². The third-order valence-electron chi connectivity index (χ3n) is 4.30. The van der Waals surface area contributed by atoms with Crippen LogP contribution in [0.2, 0.25) is 0 Å². The first-order valence-corrected chi connectivity index (χ1v) is 5.21. The summed E-state index contributed by atoms with van der Waals surface area (Å²) < 4.78 is 0. The number of aliphatic hydroxyl groups is 1. The highest BCUT2D eigenvalue weighted by molar-refractivity contribution is 5.83. The van der Waals surface area contributed by atoms with Crippen molar-refractivity contribution in [1.82, 2.24) is 0 Å². The maximum Gasteiger partial charge on any atom is 0.162 e. The third kappa shape index (κ3) is 1.15. The van der Waals surface area contributed by atoms with Gasteiger partial charge in [0.2, 0.25) is 0 Å². The second-order valence-electron chi connectivity index (χ2n) is 5.19. The van der Waals surface area contributed by atoms with Gasteiger partial charge < -0.3 is 5.11 Å². The fraction of sp³-hybridized carbons (Fsp3) is 0.909. The van der Waals surface area contributed by atoms with Gasteiger partial charge >= 0.3 is 0 Å². The van der Waals surface area contributed by atoms with E-state index < -0.39 is 0 Å². The molecule has 0 aliphatic heterocycles. The van der Waals surface area contributed by atoms with Crippen molar-refractivity contribution < 1.29 is 9.90 Å². The molecule has 2 aliphatic carbocycles. The van der Waals surface area contributed by atoms with Crippen LogP contribution in [0.25, 0.3) is 0 Å². The van der Waals surface area contributed by atoms with Crippen molar-refractivity contribution in [1.29, 1.82) is 0 Å². The molecule has 74 valence electrons. The molecule has 2 heteroatoms. The van der Waals surface area contributed by atoms with Crippen molar-refractivity contribution in [3.8, 4) is 0 Å². The van der Waals surface area contributed by atoms with Crippen LogP contribution >= 0.6 is 0 Å². The standard InChI is InChI=1S/C11H18O2/c1-11(2)8-4-3-7(5-8)10(11)9(13)6-12/h7-8,10,12H,3-6H2,1-2H3. The van der Waals surface area contributed by atoms with Crippen molar-refractivity contribution in [3.05, 3.63) is 0 Å². The first kappa shape index (κ1) is 9.20. The van der Waals surface area contributed by atoms with E-state index >= 15 is 0 Å². The monoisotopic (exact) mass is 182 g/mol. The summed E-state index contributed by atoms with van der Waals surface area (Å²) >= 11 is 0. The molecule has 3 atom stereocenters. The smallest absolute Gasteiger partial charge is 0.162 e. The molecule has 0 saturated heterocycles. The topological polar surface area (TPSA) is 37.3 Å². The largest absolute Gasteiger partial charge is 0.389 e. The van der Waals surface area contributed by atoms with Crippen LogP contribution < -0.4 is 0 Å². The lowest BCUT2D eigenvalue weighted by Crippen LogP contribution is -2.37. The molecular formula is C11H18O2. The molecule has 2 fully saturated rings. The maximum atomic E-state index is 11.6. The molecular weight excluding hydrogens is 164 g/mol. The molecule has 1 N–H and O–H groups in total. The van der Waals surface area contributed by atoms with Gasteiger partial charge in [0.1, 0.15) is 6.61 Å². The lowest BCUT2D eigenvalue weighted by molar-refractivity contribution is -0.131. The summed E-state index contributed by atoms with van der Waals surface area (Å²) in [6, 6.07) is 0. The van der Waals surface area contributed by atoms with Gasteiger partial charge in [-0.1, -0.05) is 13.8 Å². The van der Waals surface area contributed by atoms with Crippen LogP contribution in [0.1, 0.15) is 33.1 Å². The lowest BCUT2D eigenvalue weighted by atomic mass is 9.67. The molecule has 2 bridgehead atoms. The molecule has 0 aromatic carbocycles. The van der Waals surface area contributed by atoms with Crippen molar-refractivity contribution in [3.63, 3.8) is 0 Å². The number of aliphatic hydroxyl groups excluding tert-OH is 1. The van der Waals surface area contributed by atoms with Gasteiger partial charge in [0.05, 0.1) is 0 Å². The summed E-state index contributed by atoms with van der Waals surface area (Å²) in [5.41, 5.74) is 0.142. The Morgan fingerprint density at radius 2 is 2.15 bits per heavy atom. The molecule has 0 spiro atoms. The molecule has 0 aromatic rings. The van der Waals surface area contributed by atoms with Gasteiger partial charge in [0.25, 0.3) is 0 Å². The van der Waals surface area contributed by atoms with E-state index in [1.54, 1.807) is 0 Å². The molecule has 2 rings (SSSR count). The highest BCUT2D eigenvalue weighted by atomic mass is 16.3. The molecule has 0 heterocycles. The predicted octanol–water partition coefficient (Wildman–Crippen LogP) is 1.62. The highest BCUT2D eigenvalue weighted by Gasteiger charge is 2.54. The van der Waals surface area contributed by atoms with Crippen LogP contribution in [0.5, 0.6) is 0 Å². The van der Waals surface area contributed by atoms with Gasteiger partial charge in [-0.15, -0.1) is 0 Å². The summed E-state index contributed by atoms with van der Waals surface area (Å²) in [5, 5.41) is 8.91. The summed E-state index contributed by atoms with van der Waals surface area (Å²) in [4.78, 5) is 11.6. The van der Waals surface area contributed by atoms with E-state index in [9.17, 15) is 4.79 Å². The molecule has 3 unspecified atom stereocenters. The van der Waals surface area contributed by atoms with Crippen molar-refractivity contribution in [2.75, 3.05) is 6.61 Å². The van der Waals surface area contributed by atoms with E-state index in [2.05, 4.69) is 13.8 Å². The first-order chi connectivity index (χ1) is 6.07. The molecule has 2 aliphatic rings. The number of carbonyl (C=O) groups excluding carboxylic acids is 1. The Morgan fingerprint density at radius 3 is 2.62 bits per heavy atom. The summed E-state index contributed by atoms with van der Waals surface area (Å²) in [5.74, 6) is 1.49. The van der Waals surface area contributed by atoms with Gasteiger partial charge in [-0.2, -0.15) is 0 Å². The molecule has 13 heavy (non-hydrogen) atoms. The van der Waals surface area contributed by atoms with E-state index in [0.717, 1.165) is 5.92 Å².